The molecule has 0 saturated carbocycles. The first kappa shape index (κ1) is 25.6. The lowest BCUT2D eigenvalue weighted by Gasteiger charge is -2.35. The molecule has 0 aliphatic heterocycles. The van der Waals surface area contributed by atoms with E-state index in [1.807, 2.05) is 6.92 Å². The largest absolute Gasteiger partial charge is 0.207 e. The van der Waals surface area contributed by atoms with E-state index in [0.29, 0.717) is 5.92 Å². The van der Waals surface area contributed by atoms with Crippen LogP contribution in [-0.2, 0) is 11.8 Å². The van der Waals surface area contributed by atoms with Crippen LogP contribution in [-0.4, -0.2) is 0 Å². The number of hydrogen-bond acceptors (Lipinski definition) is 0. The molecule has 0 aromatic heterocycles. The molecule has 31 heavy (non-hydrogen) atoms. The summed E-state index contributed by atoms with van der Waals surface area (Å²) in [5.74, 6) is 0.304. The molecule has 0 radical (unpaired) electrons. The van der Waals surface area contributed by atoms with Gasteiger partial charge in [0.1, 0.15) is 5.82 Å². The van der Waals surface area contributed by atoms with Crippen molar-refractivity contribution in [2.45, 2.75) is 113 Å². The van der Waals surface area contributed by atoms with E-state index in [9.17, 15) is 4.39 Å². The third kappa shape index (κ3) is 6.43. The number of benzene rings is 2. The van der Waals surface area contributed by atoms with Crippen molar-refractivity contribution < 1.29 is 4.39 Å². The van der Waals surface area contributed by atoms with Crippen LogP contribution in [0.15, 0.2) is 24.3 Å². The Morgan fingerprint density at radius 2 is 1.52 bits per heavy atom. The standard InChI is InChI=1S/C30H45F/c1-11-12-13-14-25-26(20(2)3)16-23(30(9,10)19-29(6,7)8)17-28(25)27-18-24(31)15-21(4)22(27)5/h15-18,20H,11-14,19H2,1-10H3. The Morgan fingerprint density at radius 3 is 2.06 bits per heavy atom. The van der Waals surface area contributed by atoms with Crippen LogP contribution in [0.3, 0.4) is 0 Å². The molecular formula is C30H45F. The van der Waals surface area contributed by atoms with Crippen molar-refractivity contribution in [1.82, 2.24) is 0 Å². The summed E-state index contributed by atoms with van der Waals surface area (Å²) in [6, 6.07) is 8.26. The molecule has 0 heterocycles. The summed E-state index contributed by atoms with van der Waals surface area (Å²) in [7, 11) is 0. The molecule has 0 aliphatic carbocycles. The molecule has 0 fully saturated rings. The van der Waals surface area contributed by atoms with E-state index in [2.05, 4.69) is 74.4 Å². The first-order chi connectivity index (χ1) is 14.3. The maximum absolute atomic E-state index is 14.5. The summed E-state index contributed by atoms with van der Waals surface area (Å²) in [6.45, 7) is 22.7. The Balaban J connectivity index is 2.82. The Kier molecular flexibility index (Phi) is 8.17. The van der Waals surface area contributed by atoms with Gasteiger partial charge in [-0.1, -0.05) is 80.4 Å². The molecule has 1 heteroatoms. The zero-order valence-electron chi connectivity index (χ0n) is 21.8. The minimum Gasteiger partial charge on any atom is -0.207 e. The molecule has 0 N–H and O–H groups in total. The highest BCUT2D eigenvalue weighted by molar-refractivity contribution is 5.74. The molecule has 172 valence electrons. The van der Waals surface area contributed by atoms with E-state index in [1.54, 1.807) is 12.1 Å². The van der Waals surface area contributed by atoms with Gasteiger partial charge in [0.15, 0.2) is 0 Å². The zero-order chi connectivity index (χ0) is 23.6. The molecule has 0 nitrogen and oxygen atoms in total. The zero-order valence-corrected chi connectivity index (χ0v) is 21.8. The second-order valence-electron chi connectivity index (χ2n) is 11.7. The average Bonchev–Trinajstić information content (AvgIpc) is 2.62. The fourth-order valence-electron chi connectivity index (χ4n) is 5.19. The summed E-state index contributed by atoms with van der Waals surface area (Å²) in [5, 5.41) is 0. The molecule has 0 amide bonds. The lowest BCUT2D eigenvalue weighted by Crippen LogP contribution is -2.25. The molecule has 0 spiro atoms. The molecule has 0 atom stereocenters. The first-order valence-electron chi connectivity index (χ1n) is 12.2. The van der Waals surface area contributed by atoms with Crippen molar-refractivity contribution in [3.05, 3.63) is 57.9 Å². The minimum absolute atomic E-state index is 0.0505. The number of rotatable bonds is 8. The highest BCUT2D eigenvalue weighted by Gasteiger charge is 2.29. The fourth-order valence-corrected chi connectivity index (χ4v) is 5.19. The van der Waals surface area contributed by atoms with Crippen LogP contribution in [0.1, 0.15) is 115 Å². The minimum atomic E-state index is -0.136. The normalized spacial score (nSPS) is 12.6. The van der Waals surface area contributed by atoms with Gasteiger partial charge in [-0.2, -0.15) is 0 Å². The topological polar surface area (TPSA) is 0 Å². The molecular weight excluding hydrogens is 379 g/mol. The van der Waals surface area contributed by atoms with Gasteiger partial charge in [0.25, 0.3) is 0 Å². The molecule has 0 aliphatic rings. The van der Waals surface area contributed by atoms with Crippen molar-refractivity contribution in [3.8, 4) is 11.1 Å². The lowest BCUT2D eigenvalue weighted by atomic mass is 9.70. The Bertz CT molecular complexity index is 894. The second-order valence-corrected chi connectivity index (χ2v) is 11.7. The van der Waals surface area contributed by atoms with Crippen molar-refractivity contribution >= 4 is 0 Å². The Labute approximate surface area is 191 Å². The van der Waals surface area contributed by atoms with Gasteiger partial charge in [-0.15, -0.1) is 0 Å². The van der Waals surface area contributed by atoms with Gasteiger partial charge in [-0.05, 0) is 101 Å². The highest BCUT2D eigenvalue weighted by Crippen LogP contribution is 2.42. The van der Waals surface area contributed by atoms with Gasteiger partial charge in [-0.3, -0.25) is 0 Å². The quantitative estimate of drug-likeness (QED) is 0.370. The van der Waals surface area contributed by atoms with E-state index in [4.69, 9.17) is 0 Å². The van der Waals surface area contributed by atoms with Crippen molar-refractivity contribution in [3.63, 3.8) is 0 Å². The van der Waals surface area contributed by atoms with Gasteiger partial charge in [0, 0.05) is 0 Å². The number of hydrogen-bond donors (Lipinski definition) is 0. The van der Waals surface area contributed by atoms with Gasteiger partial charge >= 0.3 is 0 Å². The maximum Gasteiger partial charge on any atom is 0.124 e. The number of aryl methyl sites for hydroxylation is 1. The van der Waals surface area contributed by atoms with Crippen LogP contribution in [0.2, 0.25) is 0 Å². The van der Waals surface area contributed by atoms with Crippen LogP contribution in [0.4, 0.5) is 4.39 Å². The predicted molar refractivity (Wildman–Crippen MR) is 136 cm³/mol. The van der Waals surface area contributed by atoms with Gasteiger partial charge in [-0.25, -0.2) is 4.39 Å². The van der Waals surface area contributed by atoms with Crippen molar-refractivity contribution in [1.29, 1.82) is 0 Å². The van der Waals surface area contributed by atoms with Crippen LogP contribution >= 0.6 is 0 Å². The summed E-state index contributed by atoms with van der Waals surface area (Å²) in [5.41, 5.74) is 9.07. The van der Waals surface area contributed by atoms with Crippen LogP contribution in [0.5, 0.6) is 0 Å². The molecule has 0 unspecified atom stereocenters. The molecule has 0 bridgehead atoms. The average molecular weight is 425 g/mol. The van der Waals surface area contributed by atoms with Crippen molar-refractivity contribution in [2.75, 3.05) is 0 Å². The third-order valence-electron chi connectivity index (χ3n) is 6.61. The van der Waals surface area contributed by atoms with Gasteiger partial charge in [0.2, 0.25) is 0 Å². The smallest absolute Gasteiger partial charge is 0.124 e. The number of unbranched alkanes of at least 4 members (excludes halogenated alkanes) is 2. The van der Waals surface area contributed by atoms with E-state index in [-0.39, 0.29) is 16.6 Å². The summed E-state index contributed by atoms with van der Waals surface area (Å²) in [6.07, 6.45) is 5.79. The van der Waals surface area contributed by atoms with E-state index >= 15 is 0 Å². The van der Waals surface area contributed by atoms with Crippen molar-refractivity contribution in [2.24, 2.45) is 5.41 Å². The molecule has 0 saturated heterocycles. The SMILES string of the molecule is CCCCCc1c(-c2cc(F)cc(C)c2C)cc(C(C)(C)CC(C)(C)C)cc1C(C)C. The van der Waals surface area contributed by atoms with Crippen LogP contribution in [0.25, 0.3) is 11.1 Å². The summed E-state index contributed by atoms with van der Waals surface area (Å²) >= 11 is 0. The Morgan fingerprint density at radius 1 is 0.871 bits per heavy atom. The molecule has 2 rings (SSSR count). The molecule has 2 aromatic carbocycles. The van der Waals surface area contributed by atoms with E-state index < -0.39 is 0 Å². The summed E-state index contributed by atoms with van der Waals surface area (Å²) in [4.78, 5) is 0. The number of halogens is 1. The maximum atomic E-state index is 14.5. The monoisotopic (exact) mass is 424 g/mol. The van der Waals surface area contributed by atoms with E-state index in [1.165, 1.54) is 47.1 Å². The van der Waals surface area contributed by atoms with Gasteiger partial charge < -0.3 is 0 Å². The van der Waals surface area contributed by atoms with Crippen LogP contribution in [0, 0.1) is 25.1 Å². The second kappa shape index (κ2) is 9.88. The highest BCUT2D eigenvalue weighted by atomic mass is 19.1. The summed E-state index contributed by atoms with van der Waals surface area (Å²) < 4.78 is 14.5. The van der Waals surface area contributed by atoms with E-state index in [0.717, 1.165) is 24.0 Å². The molecule has 2 aromatic rings. The first-order valence-corrected chi connectivity index (χ1v) is 12.2. The van der Waals surface area contributed by atoms with Crippen LogP contribution < -0.4 is 0 Å². The van der Waals surface area contributed by atoms with Gasteiger partial charge in [0.05, 0.1) is 0 Å². The predicted octanol–water partition coefficient (Wildman–Crippen LogP) is 9.68. The third-order valence-corrected chi connectivity index (χ3v) is 6.61. The Hall–Kier alpha value is -1.63. The lowest BCUT2D eigenvalue weighted by molar-refractivity contribution is 0.284. The fraction of sp³-hybridized carbons (Fsp3) is 0.600.